The van der Waals surface area contributed by atoms with Gasteiger partial charge < -0.3 is 0 Å². The molecule has 52 valence electrons. The van der Waals surface area contributed by atoms with Gasteiger partial charge in [-0.15, -0.1) is 0 Å². The second-order valence-electron chi connectivity index (χ2n) is 2.20. The first-order valence-electron chi connectivity index (χ1n) is 2.89. The Hall–Kier alpha value is -0.590. The van der Waals surface area contributed by atoms with Gasteiger partial charge in [0.2, 0.25) is 0 Å². The molecule has 0 N–H and O–H groups in total. The Morgan fingerprint density at radius 2 is 1.78 bits per heavy atom. The van der Waals surface area contributed by atoms with Crippen LogP contribution in [0, 0.1) is 6.57 Å². The first-order valence-corrected chi connectivity index (χ1v) is 2.89. The summed E-state index contributed by atoms with van der Waals surface area (Å²) in [6.45, 7) is 7.00. The quantitative estimate of drug-likeness (QED) is 0.507. The van der Waals surface area contributed by atoms with E-state index in [1.54, 1.807) is 0 Å². The summed E-state index contributed by atoms with van der Waals surface area (Å²) in [6.07, 6.45) is 0.0556. The van der Waals surface area contributed by atoms with Crippen molar-refractivity contribution in [3.05, 3.63) is 4.85 Å². The lowest BCUT2D eigenvalue weighted by Crippen LogP contribution is -2.38. The van der Waals surface area contributed by atoms with Crippen LogP contribution in [-0.2, 0) is 0 Å². The van der Waals surface area contributed by atoms with Crippen LogP contribution in [0.25, 0.3) is 4.85 Å². The maximum absolute atomic E-state index is 5.07. The number of hydrogen-bond donors (Lipinski definition) is 0. The van der Waals surface area contributed by atoms with Crippen molar-refractivity contribution in [2.75, 3.05) is 21.1 Å². The summed E-state index contributed by atoms with van der Waals surface area (Å²) >= 11 is 0. The molecule has 1 atom stereocenters. The van der Waals surface area contributed by atoms with Crippen LogP contribution in [0.3, 0.4) is 0 Å². The van der Waals surface area contributed by atoms with Crippen molar-refractivity contribution in [1.29, 1.82) is 0 Å². The van der Waals surface area contributed by atoms with Crippen molar-refractivity contribution in [1.82, 2.24) is 10.0 Å². The molecular formula is C6H14N3+. The summed E-state index contributed by atoms with van der Waals surface area (Å²) in [5, 5.41) is 3.86. The van der Waals surface area contributed by atoms with Gasteiger partial charge in [-0.3, -0.25) is 0 Å². The molecule has 1 unspecified atom stereocenters. The molecule has 3 heteroatoms. The van der Waals surface area contributed by atoms with Gasteiger partial charge in [0.25, 0.3) is 6.57 Å². The number of hydrazine groups is 1. The van der Waals surface area contributed by atoms with Gasteiger partial charge in [0.05, 0.1) is 0 Å². The predicted molar refractivity (Wildman–Crippen MR) is 39.2 cm³/mol. The Morgan fingerprint density at radius 3 is 1.89 bits per heavy atom. The summed E-state index contributed by atoms with van der Waals surface area (Å²) in [5.41, 5.74) is 0. The predicted octanol–water partition coefficient (Wildman–Crippen LogP) is 0.704. The Labute approximate surface area is 56.7 Å². The molecule has 0 aliphatic rings. The minimum absolute atomic E-state index is 0.0556. The van der Waals surface area contributed by atoms with E-state index in [1.807, 2.05) is 38.1 Å². The highest BCUT2D eigenvalue weighted by Crippen LogP contribution is 1.96. The maximum Gasteiger partial charge on any atom is 0.337 e. The molecule has 0 aromatic heterocycles. The number of rotatable bonds is 2. The molecule has 0 radical (unpaired) electrons. The second-order valence-corrected chi connectivity index (χ2v) is 2.20. The van der Waals surface area contributed by atoms with Gasteiger partial charge in [-0.05, 0) is 0 Å². The van der Waals surface area contributed by atoms with Crippen molar-refractivity contribution in [2.45, 2.75) is 13.1 Å². The van der Waals surface area contributed by atoms with Crippen molar-refractivity contribution in [3.8, 4) is 6.57 Å². The van der Waals surface area contributed by atoms with E-state index in [2.05, 4.69) is 4.85 Å². The fraction of sp³-hybridized carbons (Fsp3) is 0.833. The molecule has 0 heterocycles. The van der Waals surface area contributed by atoms with Crippen molar-refractivity contribution < 1.29 is 0 Å². The Kier molecular flexibility index (Phi) is 3.21. The van der Waals surface area contributed by atoms with Gasteiger partial charge >= 0.3 is 6.17 Å². The van der Waals surface area contributed by atoms with E-state index in [0.29, 0.717) is 0 Å². The van der Waals surface area contributed by atoms with Gasteiger partial charge in [-0.1, -0.05) is 4.85 Å². The number of nitrogens with zero attached hydrogens (tertiary/aromatic N) is 3. The first kappa shape index (κ1) is 8.41. The maximum atomic E-state index is 5.07. The van der Waals surface area contributed by atoms with E-state index < -0.39 is 0 Å². The van der Waals surface area contributed by atoms with E-state index >= 15 is 0 Å². The molecule has 0 amide bonds. The summed E-state index contributed by atoms with van der Waals surface area (Å²) < 4.78 is 0. The van der Waals surface area contributed by atoms with Crippen molar-refractivity contribution >= 4 is 0 Å². The molecule has 0 aliphatic heterocycles. The average molecular weight is 128 g/mol. The summed E-state index contributed by atoms with van der Waals surface area (Å²) in [5.74, 6) is 0. The zero-order chi connectivity index (χ0) is 7.44. The highest BCUT2D eigenvalue weighted by Gasteiger charge is 2.16. The number of hydrogen-bond acceptors (Lipinski definition) is 2. The smallest absolute Gasteiger partial charge is 0.242 e. The molecule has 3 nitrogen and oxygen atoms in total. The zero-order valence-electron chi connectivity index (χ0n) is 6.50. The van der Waals surface area contributed by atoms with Gasteiger partial charge in [0.15, 0.2) is 0 Å². The van der Waals surface area contributed by atoms with E-state index in [1.165, 1.54) is 0 Å². The van der Waals surface area contributed by atoms with Crippen LogP contribution >= 0.6 is 0 Å². The average Bonchev–Trinajstić information content (AvgIpc) is 1.84. The minimum atomic E-state index is 0.0556. The van der Waals surface area contributed by atoms with Gasteiger partial charge in [-0.25, -0.2) is 5.01 Å². The molecule has 0 aromatic carbocycles. The van der Waals surface area contributed by atoms with Gasteiger partial charge in [-0.2, -0.15) is 5.01 Å². The molecule has 0 spiro atoms. The van der Waals surface area contributed by atoms with Crippen LogP contribution in [0.5, 0.6) is 0 Å². The summed E-state index contributed by atoms with van der Waals surface area (Å²) in [6, 6.07) is 0. The third kappa shape index (κ3) is 2.45. The first-order chi connectivity index (χ1) is 4.09. The Bertz CT molecular complexity index is 114. The summed E-state index contributed by atoms with van der Waals surface area (Å²) in [4.78, 5) is 3.59. The third-order valence-electron chi connectivity index (χ3n) is 1.39. The zero-order valence-corrected chi connectivity index (χ0v) is 6.50. The third-order valence-corrected chi connectivity index (χ3v) is 1.39. The molecule has 9 heavy (non-hydrogen) atoms. The normalized spacial score (nSPS) is 13.9. The van der Waals surface area contributed by atoms with Crippen LogP contribution in [0.15, 0.2) is 0 Å². The van der Waals surface area contributed by atoms with Crippen molar-refractivity contribution in [3.63, 3.8) is 0 Å². The molecule has 0 rings (SSSR count). The summed E-state index contributed by atoms with van der Waals surface area (Å²) in [7, 11) is 5.82. The second kappa shape index (κ2) is 3.44. The van der Waals surface area contributed by atoms with Gasteiger partial charge in [0.1, 0.15) is 0 Å². The van der Waals surface area contributed by atoms with Gasteiger partial charge in [0, 0.05) is 28.1 Å². The van der Waals surface area contributed by atoms with Crippen LogP contribution in [0.2, 0.25) is 0 Å². The lowest BCUT2D eigenvalue weighted by molar-refractivity contribution is 0.0343. The molecule has 0 saturated heterocycles. The van der Waals surface area contributed by atoms with Crippen LogP contribution in [0.4, 0.5) is 0 Å². The fourth-order valence-electron chi connectivity index (χ4n) is 0.431. The largest absolute Gasteiger partial charge is 0.337 e. The topological polar surface area (TPSA) is 10.8 Å². The monoisotopic (exact) mass is 128 g/mol. The Balaban J connectivity index is 3.76. The van der Waals surface area contributed by atoms with Crippen LogP contribution in [-0.4, -0.2) is 37.3 Å². The molecule has 0 aromatic rings. The highest BCUT2D eigenvalue weighted by atomic mass is 15.6. The Morgan fingerprint density at radius 1 is 1.33 bits per heavy atom. The van der Waals surface area contributed by atoms with E-state index in [9.17, 15) is 0 Å². The molecular weight excluding hydrogens is 114 g/mol. The lowest BCUT2D eigenvalue weighted by Gasteiger charge is -2.20. The van der Waals surface area contributed by atoms with E-state index in [0.717, 1.165) is 0 Å². The van der Waals surface area contributed by atoms with Crippen LogP contribution < -0.4 is 0 Å². The lowest BCUT2D eigenvalue weighted by atomic mass is 10.6. The van der Waals surface area contributed by atoms with Crippen molar-refractivity contribution in [2.24, 2.45) is 0 Å². The fourth-order valence-corrected chi connectivity index (χ4v) is 0.431. The molecule has 0 fully saturated rings. The SMILES string of the molecule is C#[N+]C(C)N(C)N(C)C. The standard InChI is InChI=1S/C6H14N3/c1-6(7-2)9(5)8(3)4/h2,6H,1,3-5H3/q+1. The highest BCUT2D eigenvalue weighted by molar-refractivity contribution is 4.74. The molecule has 0 aliphatic carbocycles. The van der Waals surface area contributed by atoms with E-state index in [-0.39, 0.29) is 6.17 Å². The van der Waals surface area contributed by atoms with E-state index in [4.69, 9.17) is 6.57 Å². The minimum Gasteiger partial charge on any atom is -0.242 e. The molecule has 0 saturated carbocycles. The molecule has 0 bridgehead atoms. The van der Waals surface area contributed by atoms with Crippen LogP contribution in [0.1, 0.15) is 6.92 Å².